The molecule has 0 aliphatic rings. The molecule has 0 amide bonds. The van der Waals surface area contributed by atoms with Gasteiger partial charge in [-0.2, -0.15) is 0 Å². The third-order valence-electron chi connectivity index (χ3n) is 2.44. The van der Waals surface area contributed by atoms with Gasteiger partial charge in [0.2, 0.25) is 0 Å². The minimum absolute atomic E-state index is 0.507. The molecule has 0 atom stereocenters. The molecule has 0 saturated heterocycles. The Labute approximate surface area is 101 Å². The summed E-state index contributed by atoms with van der Waals surface area (Å²) in [7, 11) is 3.15. The maximum Gasteiger partial charge on any atom is 0.179 e. The summed E-state index contributed by atoms with van der Waals surface area (Å²) in [6.07, 6.45) is 0. The molecule has 16 heavy (non-hydrogen) atoms. The fraction of sp³-hybridized carbons (Fsp3) is 0.500. The summed E-state index contributed by atoms with van der Waals surface area (Å²) in [6.45, 7) is 5.80. The second kappa shape index (κ2) is 4.52. The van der Waals surface area contributed by atoms with Crippen molar-refractivity contribution >= 4 is 11.6 Å². The lowest BCUT2D eigenvalue weighted by molar-refractivity contribution is 0.343. The molecule has 4 heteroatoms. The SMILES string of the molecule is COc1c(Cl)cc(C)c(C(C)(C)N)c1OC. The average Bonchev–Trinajstić information content (AvgIpc) is 2.14. The average molecular weight is 244 g/mol. The smallest absolute Gasteiger partial charge is 0.179 e. The van der Waals surface area contributed by atoms with Crippen LogP contribution < -0.4 is 15.2 Å². The predicted octanol–water partition coefficient (Wildman–Crippen LogP) is 2.86. The van der Waals surface area contributed by atoms with E-state index in [0.29, 0.717) is 16.5 Å². The van der Waals surface area contributed by atoms with Crippen LogP contribution in [0, 0.1) is 6.92 Å². The molecule has 0 unspecified atom stereocenters. The Morgan fingerprint density at radius 2 is 1.69 bits per heavy atom. The zero-order valence-electron chi connectivity index (χ0n) is 10.3. The molecule has 1 aromatic rings. The van der Waals surface area contributed by atoms with E-state index in [1.807, 2.05) is 26.8 Å². The van der Waals surface area contributed by atoms with E-state index in [9.17, 15) is 0 Å². The van der Waals surface area contributed by atoms with Crippen LogP contribution in [0.15, 0.2) is 6.07 Å². The molecule has 2 N–H and O–H groups in total. The van der Waals surface area contributed by atoms with Crippen LogP contribution in [0.2, 0.25) is 5.02 Å². The normalized spacial score (nSPS) is 11.4. The van der Waals surface area contributed by atoms with E-state index >= 15 is 0 Å². The van der Waals surface area contributed by atoms with E-state index in [0.717, 1.165) is 11.1 Å². The van der Waals surface area contributed by atoms with Crippen LogP contribution in [-0.4, -0.2) is 14.2 Å². The van der Waals surface area contributed by atoms with E-state index in [4.69, 9.17) is 26.8 Å². The van der Waals surface area contributed by atoms with Crippen molar-refractivity contribution in [2.24, 2.45) is 5.73 Å². The molecule has 1 rings (SSSR count). The van der Waals surface area contributed by atoms with Gasteiger partial charge >= 0.3 is 0 Å². The molecule has 0 bridgehead atoms. The number of aryl methyl sites for hydroxylation is 1. The molecule has 0 spiro atoms. The molecule has 0 aliphatic carbocycles. The van der Waals surface area contributed by atoms with Crippen molar-refractivity contribution in [3.05, 3.63) is 22.2 Å². The maximum absolute atomic E-state index is 6.13. The van der Waals surface area contributed by atoms with Crippen molar-refractivity contribution in [3.63, 3.8) is 0 Å². The first kappa shape index (κ1) is 13.1. The Bertz CT molecular complexity index is 397. The van der Waals surface area contributed by atoms with Gasteiger partial charge in [-0.05, 0) is 32.4 Å². The van der Waals surface area contributed by atoms with E-state index in [2.05, 4.69) is 0 Å². The van der Waals surface area contributed by atoms with E-state index in [1.165, 1.54) is 0 Å². The maximum atomic E-state index is 6.13. The first-order valence-electron chi connectivity index (χ1n) is 5.03. The second-order valence-corrected chi connectivity index (χ2v) is 4.75. The zero-order chi connectivity index (χ0) is 12.5. The van der Waals surface area contributed by atoms with Crippen molar-refractivity contribution in [1.82, 2.24) is 0 Å². The van der Waals surface area contributed by atoms with Crippen LogP contribution in [0.3, 0.4) is 0 Å². The minimum atomic E-state index is -0.507. The number of rotatable bonds is 3. The van der Waals surface area contributed by atoms with Gasteiger partial charge in [0.1, 0.15) is 0 Å². The first-order chi connectivity index (χ1) is 7.32. The largest absolute Gasteiger partial charge is 0.492 e. The molecule has 0 aliphatic heterocycles. The fourth-order valence-corrected chi connectivity index (χ4v) is 2.24. The van der Waals surface area contributed by atoms with Crippen LogP contribution >= 0.6 is 11.6 Å². The second-order valence-electron chi connectivity index (χ2n) is 4.34. The summed E-state index contributed by atoms with van der Waals surface area (Å²) in [5.74, 6) is 1.14. The number of benzene rings is 1. The highest BCUT2D eigenvalue weighted by Crippen LogP contribution is 2.43. The number of nitrogens with two attached hydrogens (primary N) is 1. The van der Waals surface area contributed by atoms with E-state index in [1.54, 1.807) is 14.2 Å². The van der Waals surface area contributed by atoms with Gasteiger partial charge in [-0.1, -0.05) is 11.6 Å². The van der Waals surface area contributed by atoms with Crippen LogP contribution in [0.1, 0.15) is 25.0 Å². The van der Waals surface area contributed by atoms with Gasteiger partial charge in [0.05, 0.1) is 19.2 Å². The highest BCUT2D eigenvalue weighted by atomic mass is 35.5. The monoisotopic (exact) mass is 243 g/mol. The Morgan fingerprint density at radius 1 is 1.19 bits per heavy atom. The van der Waals surface area contributed by atoms with Crippen LogP contribution in [-0.2, 0) is 5.54 Å². The van der Waals surface area contributed by atoms with Crippen molar-refractivity contribution in [2.45, 2.75) is 26.3 Å². The van der Waals surface area contributed by atoms with Crippen molar-refractivity contribution in [2.75, 3.05) is 14.2 Å². The number of halogens is 1. The lowest BCUT2D eigenvalue weighted by Gasteiger charge is -2.26. The van der Waals surface area contributed by atoms with Crippen molar-refractivity contribution in [1.29, 1.82) is 0 Å². The Hall–Kier alpha value is -0.930. The fourth-order valence-electron chi connectivity index (χ4n) is 1.91. The Balaban J connectivity index is 3.59. The van der Waals surface area contributed by atoms with Crippen LogP contribution in [0.5, 0.6) is 11.5 Å². The highest BCUT2D eigenvalue weighted by Gasteiger charge is 2.26. The van der Waals surface area contributed by atoms with Crippen LogP contribution in [0.4, 0.5) is 0 Å². The highest BCUT2D eigenvalue weighted by molar-refractivity contribution is 6.32. The Morgan fingerprint density at radius 3 is 2.06 bits per heavy atom. The first-order valence-corrected chi connectivity index (χ1v) is 5.41. The molecule has 90 valence electrons. The zero-order valence-corrected chi connectivity index (χ0v) is 11.1. The lowest BCUT2D eigenvalue weighted by Crippen LogP contribution is -2.30. The standard InChI is InChI=1S/C12H18ClNO2/c1-7-6-8(13)10(15-4)11(16-5)9(7)12(2,3)14/h6H,14H2,1-5H3. The van der Waals surface area contributed by atoms with Gasteiger partial charge in [-0.15, -0.1) is 0 Å². The van der Waals surface area contributed by atoms with E-state index < -0.39 is 5.54 Å². The molecule has 0 heterocycles. The number of hydrogen-bond acceptors (Lipinski definition) is 3. The van der Waals surface area contributed by atoms with Gasteiger partial charge in [-0.3, -0.25) is 0 Å². The minimum Gasteiger partial charge on any atom is -0.492 e. The topological polar surface area (TPSA) is 44.5 Å². The van der Waals surface area contributed by atoms with Crippen molar-refractivity contribution < 1.29 is 9.47 Å². The lowest BCUT2D eigenvalue weighted by atomic mass is 9.90. The molecule has 0 aromatic heterocycles. The van der Waals surface area contributed by atoms with Gasteiger partial charge in [-0.25, -0.2) is 0 Å². The predicted molar refractivity (Wildman–Crippen MR) is 66.5 cm³/mol. The molecular formula is C12H18ClNO2. The molecular weight excluding hydrogens is 226 g/mol. The number of ether oxygens (including phenoxy) is 2. The number of hydrogen-bond donors (Lipinski definition) is 1. The Kier molecular flexibility index (Phi) is 3.71. The van der Waals surface area contributed by atoms with Gasteiger partial charge in [0.15, 0.2) is 11.5 Å². The molecule has 0 fully saturated rings. The third-order valence-corrected chi connectivity index (χ3v) is 2.72. The summed E-state index contributed by atoms with van der Waals surface area (Å²) in [5.41, 5.74) is 7.53. The summed E-state index contributed by atoms with van der Waals surface area (Å²) < 4.78 is 10.6. The van der Waals surface area contributed by atoms with Gasteiger partial charge in [0, 0.05) is 11.1 Å². The molecule has 0 saturated carbocycles. The number of methoxy groups -OCH3 is 2. The van der Waals surface area contributed by atoms with Gasteiger partial charge in [0.25, 0.3) is 0 Å². The molecule has 3 nitrogen and oxygen atoms in total. The summed E-state index contributed by atoms with van der Waals surface area (Å²) in [5, 5.41) is 0.532. The van der Waals surface area contributed by atoms with E-state index in [-0.39, 0.29) is 0 Å². The van der Waals surface area contributed by atoms with Gasteiger partial charge < -0.3 is 15.2 Å². The summed E-state index contributed by atoms with van der Waals surface area (Å²) in [4.78, 5) is 0. The molecule has 0 radical (unpaired) electrons. The third kappa shape index (κ3) is 2.25. The summed E-state index contributed by atoms with van der Waals surface area (Å²) >= 11 is 6.09. The van der Waals surface area contributed by atoms with Crippen molar-refractivity contribution in [3.8, 4) is 11.5 Å². The molecule has 1 aromatic carbocycles. The van der Waals surface area contributed by atoms with Crippen LogP contribution in [0.25, 0.3) is 0 Å². The summed E-state index contributed by atoms with van der Waals surface area (Å²) in [6, 6.07) is 1.84. The quantitative estimate of drug-likeness (QED) is 0.888.